The van der Waals surface area contributed by atoms with Gasteiger partial charge in [0, 0.05) is 11.6 Å². The fourth-order valence-corrected chi connectivity index (χ4v) is 2.47. The first-order chi connectivity index (χ1) is 11.6. The molecule has 0 bridgehead atoms. The van der Waals surface area contributed by atoms with Crippen molar-refractivity contribution in [3.8, 4) is 11.5 Å². The van der Waals surface area contributed by atoms with Gasteiger partial charge in [-0.3, -0.25) is 4.79 Å². The van der Waals surface area contributed by atoms with E-state index in [0.717, 1.165) is 0 Å². The van der Waals surface area contributed by atoms with Gasteiger partial charge in [-0.1, -0.05) is 30.3 Å². The van der Waals surface area contributed by atoms with Gasteiger partial charge in [0.05, 0.1) is 12.2 Å². The van der Waals surface area contributed by atoms with Crippen LogP contribution in [0.1, 0.15) is 5.56 Å². The van der Waals surface area contributed by atoms with Crippen molar-refractivity contribution >= 4 is 17.7 Å². The molecule has 0 aromatic heterocycles. The first-order valence-electron chi connectivity index (χ1n) is 7.40. The zero-order valence-corrected chi connectivity index (χ0v) is 12.7. The highest BCUT2D eigenvalue weighted by Crippen LogP contribution is 2.31. The van der Waals surface area contributed by atoms with Crippen LogP contribution >= 0.6 is 0 Å². The molecule has 1 aliphatic rings. The van der Waals surface area contributed by atoms with E-state index in [-0.39, 0.29) is 11.7 Å². The molecule has 0 N–H and O–H groups in total. The number of halogens is 2. The quantitative estimate of drug-likeness (QED) is 0.802. The normalized spacial score (nSPS) is 13.7. The second-order valence-corrected chi connectivity index (χ2v) is 5.06. The van der Waals surface area contributed by atoms with Gasteiger partial charge in [0.1, 0.15) is 18.1 Å². The Morgan fingerprint density at radius 1 is 1.17 bits per heavy atom. The second kappa shape index (κ2) is 7.12. The summed E-state index contributed by atoms with van der Waals surface area (Å²) in [6.07, 6.45) is 2.81. The molecule has 2 aromatic rings. The number of carbonyl (C=O) groups is 1. The van der Waals surface area contributed by atoms with Crippen molar-refractivity contribution in [1.82, 2.24) is 0 Å². The van der Waals surface area contributed by atoms with Gasteiger partial charge in [0.2, 0.25) is 0 Å². The molecule has 124 valence electrons. The van der Waals surface area contributed by atoms with Crippen molar-refractivity contribution in [2.75, 3.05) is 18.1 Å². The predicted molar refractivity (Wildman–Crippen MR) is 86.4 cm³/mol. The zero-order chi connectivity index (χ0) is 16.9. The number of amides is 1. The van der Waals surface area contributed by atoms with Gasteiger partial charge < -0.3 is 14.4 Å². The average molecular weight is 331 g/mol. The summed E-state index contributed by atoms with van der Waals surface area (Å²) in [6.45, 7) is -2.08. The molecule has 0 atom stereocenters. The smallest absolute Gasteiger partial charge is 0.387 e. The summed E-state index contributed by atoms with van der Waals surface area (Å²) in [7, 11) is 0. The number of hydrogen-bond acceptors (Lipinski definition) is 3. The van der Waals surface area contributed by atoms with Gasteiger partial charge in [0.25, 0.3) is 5.91 Å². The van der Waals surface area contributed by atoms with Crippen molar-refractivity contribution in [3.63, 3.8) is 0 Å². The summed E-state index contributed by atoms with van der Waals surface area (Å²) < 4.78 is 34.8. The highest BCUT2D eigenvalue weighted by molar-refractivity contribution is 6.05. The number of nitrogens with zero attached hydrogens (tertiary/aromatic N) is 1. The minimum Gasteiger partial charge on any atom is -0.490 e. The molecule has 0 unspecified atom stereocenters. The Morgan fingerprint density at radius 2 is 1.92 bits per heavy atom. The first-order valence-corrected chi connectivity index (χ1v) is 7.40. The summed E-state index contributed by atoms with van der Waals surface area (Å²) in [6, 6.07) is 13.6. The Morgan fingerprint density at radius 3 is 2.75 bits per heavy atom. The SMILES string of the molecule is O=C(/C=C/c1ccccc1OC(F)F)N1CCOc2ccccc21. The molecule has 3 rings (SSSR count). The van der Waals surface area contributed by atoms with Crippen LogP contribution in [0.5, 0.6) is 11.5 Å². The molecule has 4 nitrogen and oxygen atoms in total. The van der Waals surface area contributed by atoms with E-state index in [9.17, 15) is 13.6 Å². The van der Waals surface area contributed by atoms with Crippen LogP contribution in [0.4, 0.5) is 14.5 Å². The van der Waals surface area contributed by atoms with Crippen LogP contribution in [0.3, 0.4) is 0 Å². The second-order valence-electron chi connectivity index (χ2n) is 5.06. The number of alkyl halides is 2. The van der Waals surface area contributed by atoms with Crippen molar-refractivity contribution in [2.24, 2.45) is 0 Å². The number of hydrogen-bond donors (Lipinski definition) is 0. The third kappa shape index (κ3) is 3.53. The van der Waals surface area contributed by atoms with E-state index in [2.05, 4.69) is 4.74 Å². The Labute approximate surface area is 137 Å². The topological polar surface area (TPSA) is 38.8 Å². The number of para-hydroxylation sites is 3. The maximum atomic E-state index is 12.5. The molecular formula is C18H15F2NO3. The van der Waals surface area contributed by atoms with Gasteiger partial charge in [0.15, 0.2) is 0 Å². The fraction of sp³-hybridized carbons (Fsp3) is 0.167. The van der Waals surface area contributed by atoms with Crippen LogP contribution < -0.4 is 14.4 Å². The number of fused-ring (bicyclic) bond motifs is 1. The van der Waals surface area contributed by atoms with Crippen LogP contribution in [-0.2, 0) is 4.79 Å². The van der Waals surface area contributed by atoms with E-state index in [1.807, 2.05) is 12.1 Å². The highest BCUT2D eigenvalue weighted by atomic mass is 19.3. The standard InChI is InChI=1S/C18H15F2NO3/c19-18(20)24-15-7-3-1-5-13(15)9-10-17(22)21-11-12-23-16-8-4-2-6-14(16)21/h1-10,18H,11-12H2/b10-9+. The van der Waals surface area contributed by atoms with E-state index in [4.69, 9.17) is 4.74 Å². The third-order valence-corrected chi connectivity index (χ3v) is 3.54. The molecule has 0 fully saturated rings. The number of rotatable bonds is 4. The number of carbonyl (C=O) groups excluding carboxylic acids is 1. The van der Waals surface area contributed by atoms with E-state index in [0.29, 0.717) is 30.2 Å². The van der Waals surface area contributed by atoms with Gasteiger partial charge >= 0.3 is 6.61 Å². The molecule has 1 aliphatic heterocycles. The zero-order valence-electron chi connectivity index (χ0n) is 12.7. The van der Waals surface area contributed by atoms with Crippen LogP contribution in [0, 0.1) is 0 Å². The van der Waals surface area contributed by atoms with Gasteiger partial charge in [-0.25, -0.2) is 0 Å². The van der Waals surface area contributed by atoms with Crippen LogP contribution in [0.15, 0.2) is 54.6 Å². The van der Waals surface area contributed by atoms with Crippen LogP contribution in [0.2, 0.25) is 0 Å². The molecule has 2 aromatic carbocycles. The lowest BCUT2D eigenvalue weighted by Gasteiger charge is -2.28. The molecule has 0 saturated carbocycles. The Hall–Kier alpha value is -2.89. The fourth-order valence-electron chi connectivity index (χ4n) is 2.47. The lowest BCUT2D eigenvalue weighted by Crippen LogP contribution is -2.36. The average Bonchev–Trinajstić information content (AvgIpc) is 2.60. The molecule has 0 radical (unpaired) electrons. The first kappa shape index (κ1) is 16.0. The predicted octanol–water partition coefficient (Wildman–Crippen LogP) is 3.73. The minimum atomic E-state index is -2.92. The maximum absolute atomic E-state index is 12.5. The largest absolute Gasteiger partial charge is 0.490 e. The molecule has 0 saturated heterocycles. The molecule has 0 spiro atoms. The molecule has 1 heterocycles. The molecule has 1 amide bonds. The summed E-state index contributed by atoms with van der Waals surface area (Å²) >= 11 is 0. The van der Waals surface area contributed by atoms with E-state index in [1.165, 1.54) is 18.2 Å². The summed E-state index contributed by atoms with van der Waals surface area (Å²) in [5.74, 6) is 0.420. The van der Waals surface area contributed by atoms with Crippen molar-refractivity contribution in [2.45, 2.75) is 6.61 Å². The maximum Gasteiger partial charge on any atom is 0.387 e. The summed E-state index contributed by atoms with van der Waals surface area (Å²) in [5, 5.41) is 0. The summed E-state index contributed by atoms with van der Waals surface area (Å²) in [4.78, 5) is 14.1. The van der Waals surface area contributed by atoms with Crippen molar-refractivity contribution in [3.05, 3.63) is 60.2 Å². The third-order valence-electron chi connectivity index (χ3n) is 3.54. The molecule has 0 aliphatic carbocycles. The minimum absolute atomic E-state index is 0.0268. The number of anilines is 1. The van der Waals surface area contributed by atoms with Crippen molar-refractivity contribution in [1.29, 1.82) is 0 Å². The lowest BCUT2D eigenvalue weighted by atomic mass is 10.1. The number of benzene rings is 2. The Bertz CT molecular complexity index is 761. The number of ether oxygens (including phenoxy) is 2. The van der Waals surface area contributed by atoms with Gasteiger partial charge in [-0.2, -0.15) is 8.78 Å². The van der Waals surface area contributed by atoms with E-state index >= 15 is 0 Å². The molecule has 6 heteroatoms. The molecular weight excluding hydrogens is 316 g/mol. The lowest BCUT2D eigenvalue weighted by molar-refractivity contribution is -0.114. The Balaban J connectivity index is 1.80. The van der Waals surface area contributed by atoms with E-state index < -0.39 is 6.61 Å². The highest BCUT2D eigenvalue weighted by Gasteiger charge is 2.21. The van der Waals surface area contributed by atoms with Crippen molar-refractivity contribution < 1.29 is 23.0 Å². The summed E-state index contributed by atoms with van der Waals surface area (Å²) in [5.41, 5.74) is 1.10. The Kier molecular flexibility index (Phi) is 4.74. The van der Waals surface area contributed by atoms with Gasteiger partial charge in [-0.05, 0) is 24.3 Å². The molecule has 24 heavy (non-hydrogen) atoms. The monoisotopic (exact) mass is 331 g/mol. The van der Waals surface area contributed by atoms with E-state index in [1.54, 1.807) is 35.2 Å². The van der Waals surface area contributed by atoms with Crippen LogP contribution in [-0.4, -0.2) is 25.7 Å². The van der Waals surface area contributed by atoms with Crippen LogP contribution in [0.25, 0.3) is 6.08 Å². The van der Waals surface area contributed by atoms with Gasteiger partial charge in [-0.15, -0.1) is 0 Å².